The molecule has 162 valence electrons. The van der Waals surface area contributed by atoms with Crippen LogP contribution in [-0.2, 0) is 21.0 Å². The molecule has 0 unspecified atom stereocenters. The van der Waals surface area contributed by atoms with E-state index in [4.69, 9.17) is 4.74 Å². The van der Waals surface area contributed by atoms with Crippen LogP contribution in [0.15, 0.2) is 47.4 Å². The van der Waals surface area contributed by atoms with Crippen molar-refractivity contribution in [3.63, 3.8) is 0 Å². The minimum Gasteiger partial charge on any atom is -0.484 e. The maximum Gasteiger partial charge on any atom is 0.419 e. The first-order valence-corrected chi connectivity index (χ1v) is 10.4. The van der Waals surface area contributed by atoms with E-state index in [2.05, 4.69) is 4.72 Å². The van der Waals surface area contributed by atoms with E-state index in [-0.39, 0.29) is 30.0 Å². The predicted octanol–water partition coefficient (Wildman–Crippen LogP) is 3.65. The summed E-state index contributed by atoms with van der Waals surface area (Å²) in [5.41, 5.74) is -1.66. The van der Waals surface area contributed by atoms with Crippen LogP contribution < -0.4 is 9.46 Å². The van der Waals surface area contributed by atoms with Gasteiger partial charge in [-0.1, -0.05) is 6.07 Å². The van der Waals surface area contributed by atoms with E-state index < -0.39 is 32.5 Å². The van der Waals surface area contributed by atoms with Crippen molar-refractivity contribution in [2.45, 2.75) is 23.9 Å². The highest BCUT2D eigenvalue weighted by atomic mass is 32.2. The summed E-state index contributed by atoms with van der Waals surface area (Å²) in [6.07, 6.45) is -3.17. The molecule has 0 radical (unpaired) electrons. The van der Waals surface area contributed by atoms with Crippen molar-refractivity contribution in [2.24, 2.45) is 0 Å². The van der Waals surface area contributed by atoms with Gasteiger partial charge in [0.1, 0.15) is 11.6 Å². The van der Waals surface area contributed by atoms with Crippen LogP contribution >= 0.6 is 0 Å². The number of likely N-dealkylation sites (tertiary alicyclic amines) is 1. The maximum absolute atomic E-state index is 13.4. The zero-order chi connectivity index (χ0) is 21.9. The molecule has 0 atom stereocenters. The molecule has 1 saturated heterocycles. The Balaban J connectivity index is 1.73. The SMILES string of the molecule is O=C(COc1cccc(NS(=O)(=O)c2ccc(F)c(C(F)(F)F)c2)c1)N1CCCC1. The van der Waals surface area contributed by atoms with Gasteiger partial charge in [0.05, 0.1) is 16.1 Å². The summed E-state index contributed by atoms with van der Waals surface area (Å²) in [5, 5.41) is 0. The summed E-state index contributed by atoms with van der Waals surface area (Å²) >= 11 is 0. The molecule has 2 aromatic rings. The van der Waals surface area contributed by atoms with Gasteiger partial charge < -0.3 is 9.64 Å². The summed E-state index contributed by atoms with van der Waals surface area (Å²) in [5.74, 6) is -1.55. The van der Waals surface area contributed by atoms with Gasteiger partial charge in [0, 0.05) is 19.2 Å². The van der Waals surface area contributed by atoms with Crippen molar-refractivity contribution < 1.29 is 35.5 Å². The highest BCUT2D eigenvalue weighted by Gasteiger charge is 2.35. The number of ether oxygens (including phenoxy) is 1. The first-order valence-electron chi connectivity index (χ1n) is 8.96. The van der Waals surface area contributed by atoms with E-state index in [1.807, 2.05) is 0 Å². The summed E-state index contributed by atoms with van der Waals surface area (Å²) in [7, 11) is -4.42. The van der Waals surface area contributed by atoms with Gasteiger partial charge in [-0.2, -0.15) is 13.2 Å². The van der Waals surface area contributed by atoms with Crippen molar-refractivity contribution in [3.8, 4) is 5.75 Å². The van der Waals surface area contributed by atoms with E-state index >= 15 is 0 Å². The lowest BCUT2D eigenvalue weighted by Crippen LogP contribution is -2.32. The third kappa shape index (κ3) is 5.21. The number of sulfonamides is 1. The highest BCUT2D eigenvalue weighted by molar-refractivity contribution is 7.92. The van der Waals surface area contributed by atoms with Crippen LogP contribution in [0, 0.1) is 5.82 Å². The summed E-state index contributed by atoms with van der Waals surface area (Å²) in [6, 6.07) is 7.04. The Morgan fingerprint density at radius 2 is 1.80 bits per heavy atom. The highest BCUT2D eigenvalue weighted by Crippen LogP contribution is 2.33. The fraction of sp³-hybridized carbons (Fsp3) is 0.316. The van der Waals surface area contributed by atoms with Gasteiger partial charge in [-0.3, -0.25) is 9.52 Å². The maximum atomic E-state index is 13.4. The van der Waals surface area contributed by atoms with Gasteiger partial charge in [0.15, 0.2) is 6.61 Å². The number of carbonyl (C=O) groups is 1. The smallest absolute Gasteiger partial charge is 0.419 e. The van der Waals surface area contributed by atoms with Gasteiger partial charge in [0.25, 0.3) is 15.9 Å². The quantitative estimate of drug-likeness (QED) is 0.688. The van der Waals surface area contributed by atoms with Crippen molar-refractivity contribution in [2.75, 3.05) is 24.4 Å². The van der Waals surface area contributed by atoms with Gasteiger partial charge >= 0.3 is 6.18 Å². The van der Waals surface area contributed by atoms with Crippen LogP contribution in [0.5, 0.6) is 5.75 Å². The van der Waals surface area contributed by atoms with E-state index in [1.54, 1.807) is 4.90 Å². The van der Waals surface area contributed by atoms with Gasteiger partial charge in [0.2, 0.25) is 0 Å². The number of nitrogens with one attached hydrogen (secondary N) is 1. The number of rotatable bonds is 6. The normalized spacial score (nSPS) is 14.6. The molecule has 1 N–H and O–H groups in total. The van der Waals surface area contributed by atoms with E-state index in [0.717, 1.165) is 18.9 Å². The zero-order valence-electron chi connectivity index (χ0n) is 15.6. The number of carbonyl (C=O) groups excluding carboxylic acids is 1. The average molecular weight is 446 g/mol. The number of hydrogen-bond donors (Lipinski definition) is 1. The Kier molecular flexibility index (Phi) is 6.20. The first kappa shape index (κ1) is 21.9. The molecule has 0 spiro atoms. The zero-order valence-corrected chi connectivity index (χ0v) is 16.4. The van der Waals surface area contributed by atoms with E-state index in [1.165, 1.54) is 24.3 Å². The average Bonchev–Trinajstić information content (AvgIpc) is 3.20. The standard InChI is InChI=1S/C19H18F4N2O4S/c20-17-7-6-15(11-16(17)19(21,22)23)30(27,28)24-13-4-3-5-14(10-13)29-12-18(26)25-8-1-2-9-25/h3-7,10-11,24H,1-2,8-9,12H2. The molecule has 1 heterocycles. The Morgan fingerprint density at radius 1 is 1.10 bits per heavy atom. The van der Waals surface area contributed by atoms with Crippen LogP contribution in [0.2, 0.25) is 0 Å². The molecule has 6 nitrogen and oxygen atoms in total. The van der Waals surface area contributed by atoms with E-state index in [9.17, 15) is 30.8 Å². The number of halogens is 4. The van der Waals surface area contributed by atoms with Crippen LogP contribution in [0.1, 0.15) is 18.4 Å². The molecule has 1 amide bonds. The Labute approximate surface area is 170 Å². The molecular formula is C19H18F4N2O4S. The lowest BCUT2D eigenvalue weighted by molar-refractivity contribution is -0.140. The Morgan fingerprint density at radius 3 is 2.47 bits per heavy atom. The second kappa shape index (κ2) is 8.50. The lowest BCUT2D eigenvalue weighted by atomic mass is 10.2. The van der Waals surface area contributed by atoms with Crippen LogP contribution in [0.4, 0.5) is 23.2 Å². The third-order valence-corrected chi connectivity index (χ3v) is 5.84. The molecule has 0 aliphatic carbocycles. The molecule has 1 aliphatic rings. The van der Waals surface area contributed by atoms with Crippen LogP contribution in [0.25, 0.3) is 0 Å². The van der Waals surface area contributed by atoms with Crippen LogP contribution in [0.3, 0.4) is 0 Å². The van der Waals surface area contributed by atoms with Gasteiger partial charge in [-0.25, -0.2) is 12.8 Å². The molecule has 2 aromatic carbocycles. The van der Waals surface area contributed by atoms with Crippen molar-refractivity contribution in [3.05, 3.63) is 53.8 Å². The molecule has 3 rings (SSSR count). The van der Waals surface area contributed by atoms with Crippen molar-refractivity contribution in [1.29, 1.82) is 0 Å². The largest absolute Gasteiger partial charge is 0.484 e. The number of nitrogens with zero attached hydrogens (tertiary/aromatic N) is 1. The van der Waals surface area contributed by atoms with Crippen molar-refractivity contribution >= 4 is 21.6 Å². The molecule has 1 fully saturated rings. The Hall–Kier alpha value is -2.82. The minimum atomic E-state index is -5.04. The summed E-state index contributed by atoms with van der Waals surface area (Å²) < 4.78 is 84.4. The number of benzene rings is 2. The topological polar surface area (TPSA) is 75.7 Å². The molecule has 0 aromatic heterocycles. The molecule has 0 saturated carbocycles. The number of amides is 1. The first-order chi connectivity index (χ1) is 14.1. The second-order valence-corrected chi connectivity index (χ2v) is 8.33. The lowest BCUT2D eigenvalue weighted by Gasteiger charge is -2.16. The molecule has 0 bridgehead atoms. The minimum absolute atomic E-state index is 0.0130. The second-order valence-electron chi connectivity index (χ2n) is 6.65. The van der Waals surface area contributed by atoms with Crippen molar-refractivity contribution in [1.82, 2.24) is 4.90 Å². The van der Waals surface area contributed by atoms with E-state index in [0.29, 0.717) is 19.2 Å². The third-order valence-electron chi connectivity index (χ3n) is 4.46. The fourth-order valence-corrected chi connectivity index (χ4v) is 4.03. The molecule has 30 heavy (non-hydrogen) atoms. The molecule has 1 aliphatic heterocycles. The van der Waals surface area contributed by atoms with Gasteiger partial charge in [-0.05, 0) is 43.2 Å². The predicted molar refractivity (Wildman–Crippen MR) is 100.0 cm³/mol. The number of alkyl halides is 3. The molecular weight excluding hydrogens is 428 g/mol. The number of hydrogen-bond acceptors (Lipinski definition) is 4. The molecule has 11 heteroatoms. The van der Waals surface area contributed by atoms with Crippen LogP contribution in [-0.4, -0.2) is 38.9 Å². The summed E-state index contributed by atoms with van der Waals surface area (Å²) in [4.78, 5) is 12.9. The number of anilines is 1. The summed E-state index contributed by atoms with van der Waals surface area (Å²) in [6.45, 7) is 1.11. The monoisotopic (exact) mass is 446 g/mol. The fourth-order valence-electron chi connectivity index (χ4n) is 2.96. The Bertz CT molecular complexity index is 1040. The van der Waals surface area contributed by atoms with Gasteiger partial charge in [-0.15, -0.1) is 0 Å².